The Hall–Kier alpha value is -1.96. The van der Waals surface area contributed by atoms with Crippen molar-refractivity contribution in [2.24, 2.45) is 0 Å². The molecule has 0 aromatic heterocycles. The minimum Gasteiger partial charge on any atom is -0.457 e. The third kappa shape index (κ3) is 27.7. The Balaban J connectivity index is 2.47. The van der Waals surface area contributed by atoms with Gasteiger partial charge in [0.1, 0.15) is 42.7 Å². The first-order valence-electron chi connectivity index (χ1n) is 22.1. The second-order valence-electron chi connectivity index (χ2n) is 15.2. The molecule has 0 spiro atoms. The van der Waals surface area contributed by atoms with Gasteiger partial charge in [-0.1, -0.05) is 158 Å². The van der Waals surface area contributed by atoms with Crippen molar-refractivity contribution in [2.75, 3.05) is 19.8 Å². The lowest BCUT2D eigenvalue weighted by Gasteiger charge is -2.41. The van der Waals surface area contributed by atoms with Gasteiger partial charge in [-0.3, -0.25) is 13.8 Å². The lowest BCUT2D eigenvalue weighted by Crippen LogP contribution is -2.64. The normalized spacial score (nSPS) is 23.2. The molecule has 1 fully saturated rings. The van der Waals surface area contributed by atoms with Crippen molar-refractivity contribution in [1.82, 2.24) is 0 Å². The first-order valence-corrected chi connectivity index (χ1v) is 23.6. The van der Waals surface area contributed by atoms with Crippen LogP contribution in [-0.2, 0) is 27.9 Å². The van der Waals surface area contributed by atoms with Crippen LogP contribution in [-0.4, -0.2) is 98.9 Å². The first kappa shape index (κ1) is 54.1. The SMILES string of the molecule is CC/C=C\C/C=C\C/C=C\C/C=C\C/C=C\CCCC(=O)O[C@H](COCCCCCCCCCCCCCCCC)COP(=O)(O)OC1C(O)C(O)C(O)[C@@H](O)C1O. The van der Waals surface area contributed by atoms with E-state index in [0.717, 1.165) is 51.4 Å². The van der Waals surface area contributed by atoms with Crippen LogP contribution < -0.4 is 0 Å². The van der Waals surface area contributed by atoms with Crippen molar-refractivity contribution in [3.05, 3.63) is 60.8 Å². The Morgan fingerprint density at radius 3 is 1.48 bits per heavy atom. The van der Waals surface area contributed by atoms with Crippen LogP contribution in [0.25, 0.3) is 0 Å². The van der Waals surface area contributed by atoms with Crippen molar-refractivity contribution < 1.29 is 58.3 Å². The molecule has 0 aromatic rings. The maximum atomic E-state index is 12.8. The maximum Gasteiger partial charge on any atom is 0.472 e. The Morgan fingerprint density at radius 1 is 0.569 bits per heavy atom. The van der Waals surface area contributed by atoms with E-state index in [1.807, 2.05) is 12.2 Å². The van der Waals surface area contributed by atoms with Crippen molar-refractivity contribution in [3.63, 3.8) is 0 Å². The largest absolute Gasteiger partial charge is 0.472 e. The number of carbonyl (C=O) groups is 1. The highest BCUT2D eigenvalue weighted by Crippen LogP contribution is 2.47. The smallest absolute Gasteiger partial charge is 0.457 e. The molecule has 8 atom stereocenters. The van der Waals surface area contributed by atoms with Gasteiger partial charge in [-0.05, 0) is 51.4 Å². The number of hydrogen-bond acceptors (Lipinski definition) is 11. The Labute approximate surface area is 349 Å². The van der Waals surface area contributed by atoms with Crippen LogP contribution in [0.1, 0.15) is 155 Å². The fourth-order valence-electron chi connectivity index (χ4n) is 6.39. The molecule has 0 bridgehead atoms. The Bertz CT molecular complexity index is 1190. The zero-order valence-electron chi connectivity index (χ0n) is 35.6. The van der Waals surface area contributed by atoms with Crippen molar-refractivity contribution in [1.29, 1.82) is 0 Å². The molecule has 0 radical (unpaired) electrons. The van der Waals surface area contributed by atoms with Gasteiger partial charge in [0.25, 0.3) is 0 Å². The number of aliphatic hydroxyl groups excluding tert-OH is 5. The van der Waals surface area contributed by atoms with Gasteiger partial charge in [0.15, 0.2) is 0 Å². The van der Waals surface area contributed by atoms with Crippen LogP contribution >= 0.6 is 7.82 Å². The number of allylic oxidation sites excluding steroid dienone is 10. The highest BCUT2D eigenvalue weighted by atomic mass is 31.2. The van der Waals surface area contributed by atoms with Gasteiger partial charge in [-0.2, -0.15) is 0 Å². The molecular formula is C45H79O12P. The Kier molecular flexibility index (Phi) is 33.3. The number of phosphoric acid groups is 1. The lowest BCUT2D eigenvalue weighted by molar-refractivity contribution is -0.220. The van der Waals surface area contributed by atoms with E-state index in [1.165, 1.54) is 70.6 Å². The minimum absolute atomic E-state index is 0.0999. The van der Waals surface area contributed by atoms with Crippen LogP contribution in [0.3, 0.4) is 0 Å². The molecule has 0 amide bonds. The van der Waals surface area contributed by atoms with Crippen molar-refractivity contribution in [2.45, 2.75) is 198 Å². The second kappa shape index (κ2) is 35.8. The van der Waals surface area contributed by atoms with Gasteiger partial charge in [0.05, 0.1) is 13.2 Å². The third-order valence-corrected chi connectivity index (χ3v) is 10.9. The number of phosphoric ester groups is 1. The molecule has 1 rings (SSSR count). The average molecular weight is 843 g/mol. The lowest BCUT2D eigenvalue weighted by atomic mass is 9.85. The molecular weight excluding hydrogens is 763 g/mol. The van der Waals surface area contributed by atoms with Gasteiger partial charge in [-0.15, -0.1) is 0 Å². The zero-order valence-corrected chi connectivity index (χ0v) is 36.5. The number of carbonyl (C=O) groups excluding carboxylic acids is 1. The molecule has 13 heteroatoms. The van der Waals surface area contributed by atoms with E-state index in [1.54, 1.807) is 0 Å². The minimum atomic E-state index is -5.03. The summed E-state index contributed by atoms with van der Waals surface area (Å²) in [5.41, 5.74) is 0. The van der Waals surface area contributed by atoms with E-state index in [-0.39, 0.29) is 13.0 Å². The maximum absolute atomic E-state index is 12.8. The summed E-state index contributed by atoms with van der Waals surface area (Å²) in [7, 11) is -5.03. The number of hydrogen-bond donors (Lipinski definition) is 6. The summed E-state index contributed by atoms with van der Waals surface area (Å²) in [6.07, 6.45) is 31.5. The summed E-state index contributed by atoms with van der Waals surface area (Å²) in [5, 5.41) is 50.1. The summed E-state index contributed by atoms with van der Waals surface area (Å²) >= 11 is 0. The number of unbranched alkanes of at least 4 members (excludes halogenated alkanes) is 14. The highest BCUT2D eigenvalue weighted by molar-refractivity contribution is 7.47. The number of aliphatic hydroxyl groups is 5. The molecule has 12 nitrogen and oxygen atoms in total. The van der Waals surface area contributed by atoms with E-state index in [9.17, 15) is 39.8 Å². The summed E-state index contributed by atoms with van der Waals surface area (Å²) in [6, 6.07) is 0. The summed E-state index contributed by atoms with van der Waals surface area (Å²) < 4.78 is 34.1. The van der Waals surface area contributed by atoms with Gasteiger partial charge < -0.3 is 39.9 Å². The van der Waals surface area contributed by atoms with E-state index >= 15 is 0 Å². The van der Waals surface area contributed by atoms with Gasteiger partial charge in [0.2, 0.25) is 0 Å². The van der Waals surface area contributed by atoms with Crippen LogP contribution in [0.15, 0.2) is 60.8 Å². The van der Waals surface area contributed by atoms with Crippen LogP contribution in [0.5, 0.6) is 0 Å². The molecule has 6 unspecified atom stereocenters. The van der Waals surface area contributed by atoms with Gasteiger partial charge >= 0.3 is 13.8 Å². The van der Waals surface area contributed by atoms with E-state index in [2.05, 4.69) is 62.5 Å². The molecule has 336 valence electrons. The Morgan fingerprint density at radius 2 is 1.00 bits per heavy atom. The predicted molar refractivity (Wildman–Crippen MR) is 230 cm³/mol. The zero-order chi connectivity index (χ0) is 42.7. The monoisotopic (exact) mass is 843 g/mol. The van der Waals surface area contributed by atoms with Crippen LogP contribution in [0.2, 0.25) is 0 Å². The summed E-state index contributed by atoms with van der Waals surface area (Å²) in [5.74, 6) is -0.534. The molecule has 1 aliphatic carbocycles. The molecule has 1 saturated carbocycles. The van der Waals surface area contributed by atoms with Crippen molar-refractivity contribution in [3.8, 4) is 0 Å². The average Bonchev–Trinajstić information content (AvgIpc) is 3.21. The summed E-state index contributed by atoms with van der Waals surface area (Å²) in [4.78, 5) is 23.1. The highest BCUT2D eigenvalue weighted by Gasteiger charge is 2.51. The predicted octanol–water partition coefficient (Wildman–Crippen LogP) is 8.64. The van der Waals surface area contributed by atoms with Crippen molar-refractivity contribution >= 4 is 13.8 Å². The summed E-state index contributed by atoms with van der Waals surface area (Å²) in [6.45, 7) is 4.07. The van der Waals surface area contributed by atoms with Crippen LogP contribution in [0.4, 0.5) is 0 Å². The molecule has 0 aromatic carbocycles. The number of rotatable bonds is 36. The standard InChI is InChI=1S/C45H79O12P/c1-3-5-7-9-11-13-15-17-19-20-21-22-24-26-28-30-32-34-39(46)56-38(36-54-35-33-31-29-27-25-23-18-16-14-12-10-8-6-4-2)37-55-58(52,53)57-45-43(50)41(48)40(47)42(49)44(45)51/h5,7,11,13,17,19,21-22,26,28,38,40-45,47-51H,3-4,6,8-10,12,14-16,18,20,23-25,27,29-37H2,1-2H3,(H,52,53)/b7-5-,13-11-,19-17-,22-21-,28-26-/t38-,40?,41-,42?,43?,44?,45?/m1/s1. The first-order chi connectivity index (χ1) is 28.0. The molecule has 58 heavy (non-hydrogen) atoms. The molecule has 1 aliphatic rings. The fourth-order valence-corrected chi connectivity index (χ4v) is 7.36. The van der Waals surface area contributed by atoms with Gasteiger partial charge in [0, 0.05) is 13.0 Å². The number of ether oxygens (including phenoxy) is 2. The second-order valence-corrected chi connectivity index (χ2v) is 16.6. The topological polar surface area (TPSA) is 192 Å². The van der Waals surface area contributed by atoms with E-state index in [4.69, 9.17) is 18.5 Å². The number of esters is 1. The molecule has 6 N–H and O–H groups in total. The third-order valence-electron chi connectivity index (χ3n) is 9.90. The molecule has 0 saturated heterocycles. The molecule has 0 aliphatic heterocycles. The molecule has 0 heterocycles. The van der Waals surface area contributed by atoms with Crippen LogP contribution in [0, 0.1) is 0 Å². The van der Waals surface area contributed by atoms with E-state index < -0.39 is 63.1 Å². The van der Waals surface area contributed by atoms with Gasteiger partial charge in [-0.25, -0.2) is 4.57 Å². The fraction of sp³-hybridized carbons (Fsp3) is 0.756. The quantitative estimate of drug-likeness (QED) is 0.0153. The van der Waals surface area contributed by atoms with E-state index in [0.29, 0.717) is 19.4 Å².